The van der Waals surface area contributed by atoms with E-state index in [9.17, 15) is 4.79 Å². The first-order chi connectivity index (χ1) is 10.7. The Hall–Kier alpha value is -2.01. The predicted octanol–water partition coefficient (Wildman–Crippen LogP) is 2.58. The number of nitrogens with one attached hydrogen (secondary N) is 1. The van der Waals surface area contributed by atoms with Crippen molar-refractivity contribution in [2.45, 2.75) is 25.3 Å². The van der Waals surface area contributed by atoms with Crippen molar-refractivity contribution < 1.29 is 14.3 Å². The van der Waals surface area contributed by atoms with E-state index in [2.05, 4.69) is 16.0 Å². The second-order valence-electron chi connectivity index (χ2n) is 6.00. The highest BCUT2D eigenvalue weighted by Gasteiger charge is 2.44. The van der Waals surface area contributed by atoms with Gasteiger partial charge in [0.05, 0.1) is 13.7 Å². The molecule has 1 aromatic heterocycles. The zero-order valence-corrected chi connectivity index (χ0v) is 12.9. The highest BCUT2D eigenvalue weighted by Crippen LogP contribution is 2.46. The molecule has 0 radical (unpaired) electrons. The number of carbonyl (C=O) groups excluding carboxylic acids is 1. The lowest BCUT2D eigenvalue weighted by molar-refractivity contribution is -0.149. The average molecular weight is 300 g/mol. The van der Waals surface area contributed by atoms with Gasteiger partial charge in [-0.05, 0) is 43.7 Å². The summed E-state index contributed by atoms with van der Waals surface area (Å²) in [5.41, 5.74) is 3.35. The maximum Gasteiger partial charge on any atom is 0.329 e. The van der Waals surface area contributed by atoms with Crippen LogP contribution in [-0.4, -0.2) is 42.7 Å². The first-order valence-electron chi connectivity index (χ1n) is 7.83. The Morgan fingerprint density at radius 1 is 1.45 bits per heavy atom. The molecule has 0 amide bonds. The molecule has 2 bridgehead atoms. The molecule has 5 heteroatoms. The molecule has 2 aliphatic rings. The fourth-order valence-corrected chi connectivity index (χ4v) is 3.92. The maximum absolute atomic E-state index is 12.4. The number of aromatic nitrogens is 1. The van der Waals surface area contributed by atoms with E-state index >= 15 is 0 Å². The number of hydrogen-bond donors (Lipinski definition) is 1. The van der Waals surface area contributed by atoms with Crippen LogP contribution >= 0.6 is 0 Å². The lowest BCUT2D eigenvalue weighted by Gasteiger charge is -2.30. The van der Waals surface area contributed by atoms with Crippen LogP contribution in [-0.2, 0) is 9.53 Å². The molecule has 1 fully saturated rings. The monoisotopic (exact) mass is 300 g/mol. The SMILES string of the molecule is CCOC(=O)C1c2[nH]c3ccc(OC)cc3c2C2CCN1C2. The Labute approximate surface area is 129 Å². The predicted molar refractivity (Wildman–Crippen MR) is 83.2 cm³/mol. The van der Waals surface area contributed by atoms with E-state index in [1.807, 2.05) is 19.1 Å². The zero-order valence-electron chi connectivity index (χ0n) is 12.9. The van der Waals surface area contributed by atoms with Crippen LogP contribution in [0.15, 0.2) is 18.2 Å². The van der Waals surface area contributed by atoms with Crippen LogP contribution in [0, 0.1) is 0 Å². The fraction of sp³-hybridized carbons (Fsp3) is 0.471. The molecule has 5 nitrogen and oxygen atoms in total. The molecule has 1 saturated heterocycles. The lowest BCUT2D eigenvalue weighted by atomic mass is 9.90. The second kappa shape index (κ2) is 5.02. The summed E-state index contributed by atoms with van der Waals surface area (Å²) in [7, 11) is 1.68. The molecule has 3 unspecified atom stereocenters. The number of H-pyrrole nitrogens is 1. The van der Waals surface area contributed by atoms with Crippen molar-refractivity contribution in [2.24, 2.45) is 0 Å². The molecular weight excluding hydrogens is 280 g/mol. The van der Waals surface area contributed by atoms with Crippen LogP contribution in [0.5, 0.6) is 5.75 Å². The van der Waals surface area contributed by atoms with Crippen LogP contribution in [0.2, 0.25) is 0 Å². The van der Waals surface area contributed by atoms with Crippen molar-refractivity contribution in [1.29, 1.82) is 0 Å². The van der Waals surface area contributed by atoms with Gasteiger partial charge in [-0.25, -0.2) is 4.79 Å². The van der Waals surface area contributed by atoms with Crippen LogP contribution in [0.25, 0.3) is 10.9 Å². The quantitative estimate of drug-likeness (QED) is 0.885. The van der Waals surface area contributed by atoms with Gasteiger partial charge in [0.2, 0.25) is 0 Å². The highest BCUT2D eigenvalue weighted by atomic mass is 16.5. The molecule has 0 saturated carbocycles. The van der Waals surface area contributed by atoms with Crippen LogP contribution < -0.4 is 4.74 Å². The molecule has 2 aliphatic heterocycles. The molecule has 1 aromatic carbocycles. The molecule has 22 heavy (non-hydrogen) atoms. The number of hydrogen-bond acceptors (Lipinski definition) is 4. The minimum Gasteiger partial charge on any atom is -0.497 e. The summed E-state index contributed by atoms with van der Waals surface area (Å²) in [5, 5.41) is 1.18. The molecule has 0 aliphatic carbocycles. The molecule has 3 heterocycles. The number of nitrogens with zero attached hydrogens (tertiary/aromatic N) is 1. The maximum atomic E-state index is 12.4. The third-order valence-corrected chi connectivity index (χ3v) is 4.85. The van der Waals surface area contributed by atoms with E-state index in [0.717, 1.165) is 36.5 Å². The number of aromatic amines is 1. The van der Waals surface area contributed by atoms with E-state index < -0.39 is 0 Å². The lowest BCUT2D eigenvalue weighted by Crippen LogP contribution is -2.37. The summed E-state index contributed by atoms with van der Waals surface area (Å²) in [4.78, 5) is 18.1. The summed E-state index contributed by atoms with van der Waals surface area (Å²) in [6.07, 6.45) is 1.09. The average Bonchev–Trinajstić information content (AvgIpc) is 3.09. The summed E-state index contributed by atoms with van der Waals surface area (Å²) in [6.45, 7) is 4.14. The van der Waals surface area contributed by atoms with Crippen LogP contribution in [0.3, 0.4) is 0 Å². The van der Waals surface area contributed by atoms with E-state index in [1.165, 1.54) is 10.9 Å². The summed E-state index contributed by atoms with van der Waals surface area (Å²) >= 11 is 0. The van der Waals surface area contributed by atoms with Crippen LogP contribution in [0.4, 0.5) is 0 Å². The minimum absolute atomic E-state index is 0.150. The summed E-state index contributed by atoms with van der Waals surface area (Å²) < 4.78 is 10.7. The van der Waals surface area contributed by atoms with Gasteiger partial charge in [0, 0.05) is 29.1 Å². The van der Waals surface area contributed by atoms with Crippen molar-refractivity contribution >= 4 is 16.9 Å². The van der Waals surface area contributed by atoms with E-state index in [0.29, 0.717) is 12.5 Å². The number of rotatable bonds is 3. The van der Waals surface area contributed by atoms with Gasteiger partial charge in [-0.3, -0.25) is 4.90 Å². The van der Waals surface area contributed by atoms with Gasteiger partial charge in [-0.2, -0.15) is 0 Å². The number of fused-ring (bicyclic) bond motifs is 6. The molecule has 116 valence electrons. The molecule has 4 rings (SSSR count). The molecule has 2 aromatic rings. The minimum atomic E-state index is -0.299. The Morgan fingerprint density at radius 2 is 2.32 bits per heavy atom. The van der Waals surface area contributed by atoms with Crippen molar-refractivity contribution in [3.63, 3.8) is 0 Å². The second-order valence-corrected chi connectivity index (χ2v) is 6.00. The van der Waals surface area contributed by atoms with E-state index in [1.54, 1.807) is 7.11 Å². The molecule has 0 spiro atoms. The Balaban J connectivity index is 1.89. The Kier molecular flexibility index (Phi) is 3.11. The van der Waals surface area contributed by atoms with Crippen molar-refractivity contribution in [2.75, 3.05) is 26.8 Å². The third kappa shape index (κ3) is 1.85. The fourth-order valence-electron chi connectivity index (χ4n) is 3.92. The summed E-state index contributed by atoms with van der Waals surface area (Å²) in [6, 6.07) is 5.74. The van der Waals surface area contributed by atoms with Crippen molar-refractivity contribution in [3.8, 4) is 5.75 Å². The largest absolute Gasteiger partial charge is 0.497 e. The van der Waals surface area contributed by atoms with Gasteiger partial charge in [-0.1, -0.05) is 0 Å². The summed E-state index contributed by atoms with van der Waals surface area (Å²) in [5.74, 6) is 1.19. The molecular formula is C17H20N2O3. The number of ether oxygens (including phenoxy) is 2. The number of methoxy groups -OCH3 is 1. The number of carbonyl (C=O) groups is 1. The zero-order chi connectivity index (χ0) is 15.3. The first-order valence-corrected chi connectivity index (χ1v) is 7.83. The van der Waals surface area contributed by atoms with Crippen molar-refractivity contribution in [3.05, 3.63) is 29.5 Å². The van der Waals surface area contributed by atoms with E-state index in [-0.39, 0.29) is 12.0 Å². The third-order valence-electron chi connectivity index (χ3n) is 4.85. The Morgan fingerprint density at radius 3 is 3.09 bits per heavy atom. The number of benzene rings is 1. The number of esters is 1. The van der Waals surface area contributed by atoms with E-state index in [4.69, 9.17) is 9.47 Å². The smallest absolute Gasteiger partial charge is 0.329 e. The van der Waals surface area contributed by atoms with Gasteiger partial charge in [-0.15, -0.1) is 0 Å². The van der Waals surface area contributed by atoms with Gasteiger partial charge in [0.25, 0.3) is 0 Å². The van der Waals surface area contributed by atoms with Crippen molar-refractivity contribution in [1.82, 2.24) is 9.88 Å². The normalized spacial score (nSPS) is 26.0. The van der Waals surface area contributed by atoms with Gasteiger partial charge in [0.15, 0.2) is 0 Å². The van der Waals surface area contributed by atoms with Gasteiger partial charge in [0.1, 0.15) is 11.8 Å². The standard InChI is InChI=1S/C17H20N2O3/c1-3-22-17(20)16-15-14(10-6-7-19(16)9-10)12-8-11(21-2)4-5-13(12)18-15/h4-5,8,10,16,18H,3,6-7,9H2,1-2H3. The Bertz CT molecular complexity index is 737. The topological polar surface area (TPSA) is 54.6 Å². The molecule has 1 N–H and O–H groups in total. The first kappa shape index (κ1) is 13.6. The van der Waals surface area contributed by atoms with Gasteiger partial charge < -0.3 is 14.5 Å². The highest BCUT2D eigenvalue weighted by molar-refractivity contribution is 5.90. The van der Waals surface area contributed by atoms with Crippen LogP contribution in [0.1, 0.15) is 36.6 Å². The molecule has 3 atom stereocenters. The van der Waals surface area contributed by atoms with Gasteiger partial charge >= 0.3 is 5.97 Å².